The Hall–Kier alpha value is -2.05. The molecule has 1 amide bonds. The smallest absolute Gasteiger partial charge is 0.241 e. The molecule has 1 N–H and O–H groups in total. The number of aryl methyl sites for hydroxylation is 2. The molecular weight excluding hydrogens is 372 g/mol. The first kappa shape index (κ1) is 20.3. The van der Waals surface area contributed by atoms with Crippen LogP contribution in [0.15, 0.2) is 42.5 Å². The van der Waals surface area contributed by atoms with Gasteiger partial charge in [-0.05, 0) is 50.1 Å². The maximum Gasteiger partial charge on any atom is 0.241 e. The number of amides is 1. The van der Waals surface area contributed by atoms with Gasteiger partial charge < -0.3 is 5.32 Å². The zero-order valence-electron chi connectivity index (χ0n) is 15.3. The van der Waals surface area contributed by atoms with E-state index < -0.39 is 10.0 Å². The first-order valence-corrected chi connectivity index (χ1v) is 10.4. The van der Waals surface area contributed by atoms with Crippen molar-refractivity contribution in [2.45, 2.75) is 26.8 Å². The van der Waals surface area contributed by atoms with Crippen LogP contribution in [0.25, 0.3) is 0 Å². The average Bonchev–Trinajstić information content (AvgIpc) is 2.53. The molecule has 0 bridgehead atoms. The fourth-order valence-electron chi connectivity index (χ4n) is 2.75. The van der Waals surface area contributed by atoms with Crippen molar-refractivity contribution in [3.8, 4) is 0 Å². The lowest BCUT2D eigenvalue weighted by atomic mass is 10.00. The molecule has 0 radical (unpaired) electrons. The van der Waals surface area contributed by atoms with Gasteiger partial charge in [0.15, 0.2) is 0 Å². The number of sulfonamides is 1. The number of hydrogen-bond acceptors (Lipinski definition) is 3. The van der Waals surface area contributed by atoms with Crippen LogP contribution in [0.2, 0.25) is 5.02 Å². The molecule has 5 nitrogen and oxygen atoms in total. The molecule has 0 aromatic heterocycles. The Kier molecular flexibility index (Phi) is 6.31. The third kappa shape index (κ3) is 5.22. The Morgan fingerprint density at radius 2 is 1.88 bits per heavy atom. The molecule has 0 aliphatic heterocycles. The Morgan fingerprint density at radius 1 is 1.19 bits per heavy atom. The number of nitrogens with zero attached hydrogens (tertiary/aromatic N) is 1. The van der Waals surface area contributed by atoms with Gasteiger partial charge in [0.2, 0.25) is 15.9 Å². The third-order valence-electron chi connectivity index (χ3n) is 4.06. The number of benzene rings is 2. The first-order valence-electron chi connectivity index (χ1n) is 8.17. The van der Waals surface area contributed by atoms with Crippen LogP contribution < -0.4 is 9.62 Å². The van der Waals surface area contributed by atoms with Crippen LogP contribution in [0.4, 0.5) is 5.69 Å². The van der Waals surface area contributed by atoms with E-state index in [1.807, 2.05) is 39.0 Å². The molecule has 1 atom stereocenters. The van der Waals surface area contributed by atoms with Crippen molar-refractivity contribution < 1.29 is 13.2 Å². The summed E-state index contributed by atoms with van der Waals surface area (Å²) >= 11 is 5.95. The van der Waals surface area contributed by atoms with Crippen LogP contribution in [-0.4, -0.2) is 27.1 Å². The quantitative estimate of drug-likeness (QED) is 0.813. The van der Waals surface area contributed by atoms with Crippen molar-refractivity contribution in [2.75, 3.05) is 17.1 Å². The van der Waals surface area contributed by atoms with E-state index in [4.69, 9.17) is 11.6 Å². The molecular formula is C19H23ClN2O3S. The van der Waals surface area contributed by atoms with Crippen LogP contribution in [0, 0.1) is 13.8 Å². The van der Waals surface area contributed by atoms with E-state index in [-0.39, 0.29) is 18.5 Å². The Balaban J connectivity index is 2.19. The molecule has 2 aromatic rings. The number of carbonyl (C=O) groups is 1. The van der Waals surface area contributed by atoms with Gasteiger partial charge in [-0.2, -0.15) is 0 Å². The zero-order chi connectivity index (χ0) is 19.5. The minimum Gasteiger partial charge on any atom is -0.348 e. The fourth-order valence-corrected chi connectivity index (χ4v) is 3.79. The summed E-state index contributed by atoms with van der Waals surface area (Å²) < 4.78 is 25.3. The second kappa shape index (κ2) is 8.10. The van der Waals surface area contributed by atoms with Gasteiger partial charge in [-0.1, -0.05) is 41.4 Å². The summed E-state index contributed by atoms with van der Waals surface area (Å²) in [6, 6.07) is 12.2. The van der Waals surface area contributed by atoms with Crippen LogP contribution in [-0.2, 0) is 14.8 Å². The van der Waals surface area contributed by atoms with Gasteiger partial charge >= 0.3 is 0 Å². The number of anilines is 1. The molecule has 0 saturated carbocycles. The van der Waals surface area contributed by atoms with Crippen LogP contribution >= 0.6 is 11.6 Å². The third-order valence-corrected chi connectivity index (χ3v) is 5.44. The predicted octanol–water partition coefficient (Wildman–Crippen LogP) is 3.60. The fraction of sp³-hybridized carbons (Fsp3) is 0.316. The highest BCUT2D eigenvalue weighted by Crippen LogP contribution is 2.22. The maximum absolute atomic E-state index is 12.5. The molecule has 26 heavy (non-hydrogen) atoms. The molecule has 0 aliphatic rings. The summed E-state index contributed by atoms with van der Waals surface area (Å²) in [5.74, 6) is -0.385. The van der Waals surface area contributed by atoms with Crippen LogP contribution in [0.5, 0.6) is 0 Å². The van der Waals surface area contributed by atoms with Gasteiger partial charge in [0, 0.05) is 5.02 Å². The largest absolute Gasteiger partial charge is 0.348 e. The molecule has 140 valence electrons. The number of rotatable bonds is 6. The SMILES string of the molecule is Cc1ccc(C)c([C@H](C)NC(=O)CN(c2cccc(Cl)c2)S(C)(=O)=O)c1. The molecule has 0 saturated heterocycles. The van der Waals surface area contributed by atoms with E-state index in [2.05, 4.69) is 5.32 Å². The summed E-state index contributed by atoms with van der Waals surface area (Å²) in [7, 11) is -3.63. The monoisotopic (exact) mass is 394 g/mol. The summed E-state index contributed by atoms with van der Waals surface area (Å²) in [4.78, 5) is 12.5. The van der Waals surface area contributed by atoms with Crippen LogP contribution in [0.3, 0.4) is 0 Å². The zero-order valence-corrected chi connectivity index (χ0v) is 16.9. The molecule has 0 aliphatic carbocycles. The lowest BCUT2D eigenvalue weighted by molar-refractivity contribution is -0.120. The lowest BCUT2D eigenvalue weighted by Gasteiger charge is -2.24. The van der Waals surface area contributed by atoms with Crippen molar-refractivity contribution in [1.82, 2.24) is 5.32 Å². The van der Waals surface area contributed by atoms with Crippen molar-refractivity contribution in [3.63, 3.8) is 0 Å². The highest BCUT2D eigenvalue weighted by atomic mass is 35.5. The van der Waals surface area contributed by atoms with Gasteiger partial charge in [-0.3, -0.25) is 9.10 Å². The molecule has 2 rings (SSSR count). The van der Waals surface area contributed by atoms with Gasteiger partial charge in [0.1, 0.15) is 6.54 Å². The Labute approximate surface area is 160 Å². The van der Waals surface area contributed by atoms with E-state index in [0.29, 0.717) is 10.7 Å². The van der Waals surface area contributed by atoms with Gasteiger partial charge in [-0.15, -0.1) is 0 Å². The van der Waals surface area contributed by atoms with E-state index >= 15 is 0 Å². The summed E-state index contributed by atoms with van der Waals surface area (Å²) in [5, 5.41) is 3.28. The van der Waals surface area contributed by atoms with E-state index in [1.54, 1.807) is 18.2 Å². The average molecular weight is 395 g/mol. The van der Waals surface area contributed by atoms with Crippen molar-refractivity contribution >= 4 is 33.2 Å². The van der Waals surface area contributed by atoms with Crippen LogP contribution in [0.1, 0.15) is 29.7 Å². The van der Waals surface area contributed by atoms with Crippen molar-refractivity contribution in [2.24, 2.45) is 0 Å². The molecule has 0 heterocycles. The summed E-state index contributed by atoms with van der Waals surface area (Å²) in [6.07, 6.45) is 1.06. The molecule has 7 heteroatoms. The number of halogens is 1. The summed E-state index contributed by atoms with van der Waals surface area (Å²) in [5.41, 5.74) is 3.53. The minimum absolute atomic E-state index is 0.233. The lowest BCUT2D eigenvalue weighted by Crippen LogP contribution is -2.41. The second-order valence-electron chi connectivity index (χ2n) is 6.40. The summed E-state index contributed by atoms with van der Waals surface area (Å²) in [6.45, 7) is 5.53. The molecule has 0 fully saturated rings. The van der Waals surface area contributed by atoms with Gasteiger partial charge in [0.05, 0.1) is 18.0 Å². The highest BCUT2D eigenvalue weighted by Gasteiger charge is 2.22. The normalized spacial score (nSPS) is 12.5. The van der Waals surface area contributed by atoms with Crippen molar-refractivity contribution in [3.05, 3.63) is 64.2 Å². The van der Waals surface area contributed by atoms with Gasteiger partial charge in [-0.25, -0.2) is 8.42 Å². The second-order valence-corrected chi connectivity index (χ2v) is 8.74. The first-order chi connectivity index (χ1) is 12.1. The molecule has 0 unspecified atom stereocenters. The number of nitrogens with one attached hydrogen (secondary N) is 1. The van der Waals surface area contributed by atoms with E-state index in [1.165, 1.54) is 6.07 Å². The molecule has 2 aromatic carbocycles. The van der Waals surface area contributed by atoms with Crippen molar-refractivity contribution in [1.29, 1.82) is 0 Å². The predicted molar refractivity (Wildman–Crippen MR) is 106 cm³/mol. The molecule has 0 spiro atoms. The number of carbonyl (C=O) groups excluding carboxylic acids is 1. The van der Waals surface area contributed by atoms with E-state index in [0.717, 1.165) is 27.3 Å². The minimum atomic E-state index is -3.63. The Morgan fingerprint density at radius 3 is 2.50 bits per heavy atom. The highest BCUT2D eigenvalue weighted by molar-refractivity contribution is 7.92. The topological polar surface area (TPSA) is 66.5 Å². The maximum atomic E-state index is 12.5. The standard InChI is InChI=1S/C19H23ClN2O3S/c1-13-8-9-14(2)18(10-13)15(3)21-19(23)12-22(26(4,24)25)17-7-5-6-16(20)11-17/h5-11,15H,12H2,1-4H3,(H,21,23)/t15-/m0/s1. The Bertz CT molecular complexity index is 913. The number of hydrogen-bond donors (Lipinski definition) is 1. The van der Waals surface area contributed by atoms with E-state index in [9.17, 15) is 13.2 Å². The van der Waals surface area contributed by atoms with Gasteiger partial charge in [0.25, 0.3) is 0 Å².